The number of rotatable bonds is 5. The van der Waals surface area contributed by atoms with E-state index in [2.05, 4.69) is 40.2 Å². The Morgan fingerprint density at radius 2 is 1.95 bits per heavy atom. The molecule has 2 nitrogen and oxygen atoms in total. The molecule has 0 radical (unpaired) electrons. The minimum atomic E-state index is 0.255. The molecule has 100 valence electrons. The van der Waals surface area contributed by atoms with E-state index < -0.39 is 0 Å². The molecule has 4 heteroatoms. The lowest BCUT2D eigenvalue weighted by atomic mass is 10.1. The third-order valence-corrected chi connectivity index (χ3v) is 4.56. The zero-order valence-electron chi connectivity index (χ0n) is 10.7. The zero-order valence-corrected chi connectivity index (χ0v) is 13.1. The van der Waals surface area contributed by atoms with E-state index >= 15 is 0 Å². The Hall–Kier alpha value is -0.970. The standard InChI is InChI=1S/C15H16BrNOS/c1-18-13-5-7-14(8-6-13)19-15(10-17)11-3-2-4-12(16)9-11/h2-9,15H,10,17H2,1H3. The first kappa shape index (κ1) is 14.4. The monoisotopic (exact) mass is 337 g/mol. The van der Waals surface area contributed by atoms with Crippen LogP contribution in [0, 0.1) is 0 Å². The maximum absolute atomic E-state index is 5.90. The highest BCUT2D eigenvalue weighted by Crippen LogP contribution is 2.35. The fraction of sp³-hybridized carbons (Fsp3) is 0.200. The zero-order chi connectivity index (χ0) is 13.7. The van der Waals surface area contributed by atoms with Crippen LogP contribution in [0.3, 0.4) is 0 Å². The van der Waals surface area contributed by atoms with Crippen LogP contribution >= 0.6 is 27.7 Å². The summed E-state index contributed by atoms with van der Waals surface area (Å²) >= 11 is 5.27. The van der Waals surface area contributed by atoms with Crippen LogP contribution in [-0.4, -0.2) is 13.7 Å². The van der Waals surface area contributed by atoms with Gasteiger partial charge in [-0.25, -0.2) is 0 Å². The van der Waals surface area contributed by atoms with Crippen molar-refractivity contribution in [1.29, 1.82) is 0 Å². The minimum absolute atomic E-state index is 0.255. The van der Waals surface area contributed by atoms with Gasteiger partial charge in [-0.15, -0.1) is 11.8 Å². The average molecular weight is 338 g/mol. The van der Waals surface area contributed by atoms with E-state index in [1.807, 2.05) is 24.3 Å². The second kappa shape index (κ2) is 6.98. The molecule has 0 fully saturated rings. The van der Waals surface area contributed by atoms with Crippen molar-refractivity contribution >= 4 is 27.7 Å². The van der Waals surface area contributed by atoms with Crippen molar-refractivity contribution in [2.45, 2.75) is 10.1 Å². The van der Waals surface area contributed by atoms with Gasteiger partial charge in [0.05, 0.1) is 7.11 Å². The molecule has 1 atom stereocenters. The lowest BCUT2D eigenvalue weighted by molar-refractivity contribution is 0.414. The highest BCUT2D eigenvalue weighted by Gasteiger charge is 2.11. The smallest absolute Gasteiger partial charge is 0.118 e. The van der Waals surface area contributed by atoms with Crippen LogP contribution in [0.1, 0.15) is 10.8 Å². The van der Waals surface area contributed by atoms with Crippen LogP contribution in [0.2, 0.25) is 0 Å². The molecule has 0 aliphatic rings. The van der Waals surface area contributed by atoms with E-state index in [4.69, 9.17) is 10.5 Å². The van der Waals surface area contributed by atoms with Gasteiger partial charge in [0.1, 0.15) is 5.75 Å². The van der Waals surface area contributed by atoms with E-state index in [-0.39, 0.29) is 5.25 Å². The molecule has 1 unspecified atom stereocenters. The number of hydrogen-bond donors (Lipinski definition) is 1. The summed E-state index contributed by atoms with van der Waals surface area (Å²) in [5.74, 6) is 0.871. The van der Waals surface area contributed by atoms with Crippen LogP contribution in [0.25, 0.3) is 0 Å². The summed E-state index contributed by atoms with van der Waals surface area (Å²) in [6.07, 6.45) is 0. The Morgan fingerprint density at radius 3 is 2.53 bits per heavy atom. The number of methoxy groups -OCH3 is 1. The molecule has 0 saturated carbocycles. The number of hydrogen-bond acceptors (Lipinski definition) is 3. The molecule has 2 aromatic rings. The molecule has 0 spiro atoms. The second-order valence-corrected chi connectivity index (χ2v) is 6.26. The number of benzene rings is 2. The predicted molar refractivity (Wildman–Crippen MR) is 84.8 cm³/mol. The number of thioether (sulfide) groups is 1. The molecule has 0 amide bonds. The second-order valence-electron chi connectivity index (χ2n) is 4.07. The van der Waals surface area contributed by atoms with Crippen molar-refractivity contribution in [1.82, 2.24) is 0 Å². The van der Waals surface area contributed by atoms with Gasteiger partial charge in [0, 0.05) is 21.2 Å². The molecule has 2 rings (SSSR count). The SMILES string of the molecule is COc1ccc(SC(CN)c2cccc(Br)c2)cc1. The van der Waals surface area contributed by atoms with Gasteiger partial charge in [-0.05, 0) is 42.0 Å². The van der Waals surface area contributed by atoms with Crippen molar-refractivity contribution in [3.63, 3.8) is 0 Å². The van der Waals surface area contributed by atoms with Crippen LogP contribution < -0.4 is 10.5 Å². The average Bonchev–Trinajstić information content (AvgIpc) is 2.45. The van der Waals surface area contributed by atoms with Gasteiger partial charge in [-0.2, -0.15) is 0 Å². The van der Waals surface area contributed by atoms with Crippen molar-refractivity contribution in [3.05, 3.63) is 58.6 Å². The molecule has 2 N–H and O–H groups in total. The van der Waals surface area contributed by atoms with Gasteiger partial charge in [0.15, 0.2) is 0 Å². The molecular formula is C15H16BrNOS. The quantitative estimate of drug-likeness (QED) is 0.828. The van der Waals surface area contributed by atoms with Crippen molar-refractivity contribution in [2.75, 3.05) is 13.7 Å². The summed E-state index contributed by atoms with van der Waals surface area (Å²) < 4.78 is 6.24. The van der Waals surface area contributed by atoms with Crippen molar-refractivity contribution in [3.8, 4) is 5.75 Å². The Morgan fingerprint density at radius 1 is 1.21 bits per heavy atom. The summed E-state index contributed by atoms with van der Waals surface area (Å²) in [7, 11) is 1.67. The van der Waals surface area contributed by atoms with Gasteiger partial charge < -0.3 is 10.5 Å². The van der Waals surface area contributed by atoms with E-state index in [9.17, 15) is 0 Å². The first-order valence-corrected chi connectivity index (χ1v) is 7.66. The van der Waals surface area contributed by atoms with Crippen LogP contribution in [-0.2, 0) is 0 Å². The molecule has 0 bridgehead atoms. The molecule has 0 heterocycles. The van der Waals surface area contributed by atoms with Gasteiger partial charge in [0.25, 0.3) is 0 Å². The fourth-order valence-electron chi connectivity index (χ4n) is 1.78. The summed E-state index contributed by atoms with van der Waals surface area (Å²) in [6, 6.07) is 16.3. The normalized spacial score (nSPS) is 12.2. The number of ether oxygens (including phenoxy) is 1. The van der Waals surface area contributed by atoms with Gasteiger partial charge in [-0.3, -0.25) is 0 Å². The van der Waals surface area contributed by atoms with E-state index in [0.717, 1.165) is 10.2 Å². The highest BCUT2D eigenvalue weighted by molar-refractivity contribution is 9.10. The Bertz CT molecular complexity index is 530. The minimum Gasteiger partial charge on any atom is -0.497 e. The summed E-state index contributed by atoms with van der Waals surface area (Å²) in [6.45, 7) is 0.604. The lowest BCUT2D eigenvalue weighted by Crippen LogP contribution is -2.09. The summed E-state index contributed by atoms with van der Waals surface area (Å²) in [5, 5.41) is 0.255. The van der Waals surface area contributed by atoms with Gasteiger partial charge >= 0.3 is 0 Å². The molecule has 0 aromatic heterocycles. The van der Waals surface area contributed by atoms with Gasteiger partial charge in [-0.1, -0.05) is 28.1 Å². The molecule has 2 aromatic carbocycles. The Balaban J connectivity index is 2.14. The predicted octanol–water partition coefficient (Wildman–Crippen LogP) is 4.25. The molecule has 0 aliphatic heterocycles. The first-order valence-electron chi connectivity index (χ1n) is 5.99. The van der Waals surface area contributed by atoms with Crippen LogP contribution in [0.15, 0.2) is 57.9 Å². The van der Waals surface area contributed by atoms with E-state index in [1.54, 1.807) is 18.9 Å². The van der Waals surface area contributed by atoms with Crippen molar-refractivity contribution in [2.24, 2.45) is 5.73 Å². The highest BCUT2D eigenvalue weighted by atomic mass is 79.9. The third-order valence-electron chi connectivity index (χ3n) is 2.77. The Labute approximate surface area is 126 Å². The third kappa shape index (κ3) is 4.00. The number of nitrogens with two attached hydrogens (primary N) is 1. The fourth-order valence-corrected chi connectivity index (χ4v) is 3.20. The summed E-state index contributed by atoms with van der Waals surface area (Å²) in [5.41, 5.74) is 7.13. The lowest BCUT2D eigenvalue weighted by Gasteiger charge is -2.15. The largest absolute Gasteiger partial charge is 0.497 e. The number of halogens is 1. The van der Waals surface area contributed by atoms with E-state index in [0.29, 0.717) is 6.54 Å². The maximum atomic E-state index is 5.90. The van der Waals surface area contributed by atoms with Crippen LogP contribution in [0.4, 0.5) is 0 Å². The topological polar surface area (TPSA) is 35.2 Å². The molecular weight excluding hydrogens is 322 g/mol. The Kier molecular flexibility index (Phi) is 5.31. The first-order chi connectivity index (χ1) is 9.22. The maximum Gasteiger partial charge on any atom is 0.118 e. The molecule has 0 saturated heterocycles. The van der Waals surface area contributed by atoms with Crippen molar-refractivity contribution < 1.29 is 4.74 Å². The van der Waals surface area contributed by atoms with Gasteiger partial charge in [0.2, 0.25) is 0 Å². The van der Waals surface area contributed by atoms with E-state index in [1.165, 1.54) is 10.5 Å². The molecule has 19 heavy (non-hydrogen) atoms. The summed E-state index contributed by atoms with van der Waals surface area (Å²) in [4.78, 5) is 1.19. The van der Waals surface area contributed by atoms with Crippen LogP contribution in [0.5, 0.6) is 5.75 Å². The molecule has 0 aliphatic carbocycles.